The maximum absolute atomic E-state index is 9.53. The van der Waals surface area contributed by atoms with Crippen molar-refractivity contribution in [2.24, 2.45) is 0 Å². The van der Waals surface area contributed by atoms with Crippen LogP contribution in [0.5, 0.6) is 0 Å². The van der Waals surface area contributed by atoms with Crippen LogP contribution in [0.3, 0.4) is 0 Å². The fourth-order valence-corrected chi connectivity index (χ4v) is 2.02. The molecular weight excluding hydrogens is 236 g/mol. The molecule has 1 aromatic rings. The molecule has 0 amide bonds. The summed E-state index contributed by atoms with van der Waals surface area (Å²) in [4.78, 5) is 2.16. The lowest BCUT2D eigenvalue weighted by molar-refractivity contribution is 0.216. The normalized spacial score (nSPS) is 11.7. The zero-order valence-electron chi connectivity index (χ0n) is 13.0. The van der Waals surface area contributed by atoms with E-state index in [9.17, 15) is 5.11 Å². The predicted molar refractivity (Wildman–Crippen MR) is 82.7 cm³/mol. The minimum absolute atomic E-state index is 0.138. The van der Waals surface area contributed by atoms with E-state index in [1.165, 1.54) is 16.8 Å². The maximum atomic E-state index is 9.53. The number of nitrogens with zero attached hydrogens (tertiary/aromatic N) is 1. The Morgan fingerprint density at radius 3 is 2.58 bits per heavy atom. The Balaban J connectivity index is 2.98. The van der Waals surface area contributed by atoms with Crippen molar-refractivity contribution in [2.45, 2.75) is 46.2 Å². The number of anilines is 1. The highest BCUT2D eigenvalue weighted by Gasteiger charge is 2.24. The molecule has 0 spiro atoms. The molecule has 0 aromatic heterocycles. The van der Waals surface area contributed by atoms with E-state index in [0.717, 1.165) is 19.5 Å². The second kappa shape index (κ2) is 6.92. The summed E-state index contributed by atoms with van der Waals surface area (Å²) < 4.78 is 0. The zero-order valence-corrected chi connectivity index (χ0v) is 13.0. The maximum Gasteiger partial charge on any atom is 0.0658 e. The fourth-order valence-electron chi connectivity index (χ4n) is 2.02. The van der Waals surface area contributed by atoms with E-state index in [-0.39, 0.29) is 12.1 Å². The molecule has 108 valence electrons. The van der Waals surface area contributed by atoms with Crippen LogP contribution in [-0.4, -0.2) is 30.8 Å². The van der Waals surface area contributed by atoms with Gasteiger partial charge in [0.25, 0.3) is 0 Å². The van der Waals surface area contributed by atoms with Crippen LogP contribution in [0, 0.1) is 6.92 Å². The molecule has 0 bridgehead atoms. The van der Waals surface area contributed by atoms with Crippen LogP contribution in [0.1, 0.15) is 38.3 Å². The van der Waals surface area contributed by atoms with Crippen molar-refractivity contribution in [3.63, 3.8) is 0 Å². The van der Waals surface area contributed by atoms with Gasteiger partial charge in [-0.25, -0.2) is 0 Å². The highest BCUT2D eigenvalue weighted by Crippen LogP contribution is 2.26. The van der Waals surface area contributed by atoms with Gasteiger partial charge in [-0.15, -0.1) is 0 Å². The second-order valence-corrected chi connectivity index (χ2v) is 5.84. The number of benzene rings is 1. The molecule has 0 saturated heterocycles. The van der Waals surface area contributed by atoms with E-state index in [1.54, 1.807) is 0 Å². The fraction of sp³-hybridized carbons (Fsp3) is 0.625. The Kier molecular flexibility index (Phi) is 5.83. The largest absolute Gasteiger partial charge is 0.394 e. The van der Waals surface area contributed by atoms with Gasteiger partial charge in [0, 0.05) is 19.3 Å². The Morgan fingerprint density at radius 2 is 2.00 bits per heavy atom. The first-order valence-corrected chi connectivity index (χ1v) is 7.07. The molecule has 0 fully saturated rings. The summed E-state index contributed by atoms with van der Waals surface area (Å²) in [6.45, 7) is 10.4. The average molecular weight is 264 g/mol. The molecule has 0 aliphatic carbocycles. The lowest BCUT2D eigenvalue weighted by atomic mass is 10.0. The summed E-state index contributed by atoms with van der Waals surface area (Å²) in [5.41, 5.74) is 3.49. The molecule has 3 nitrogen and oxygen atoms in total. The van der Waals surface area contributed by atoms with Crippen molar-refractivity contribution in [1.82, 2.24) is 5.32 Å². The average Bonchev–Trinajstić information content (AvgIpc) is 2.38. The van der Waals surface area contributed by atoms with Gasteiger partial charge in [-0.2, -0.15) is 0 Å². The minimum atomic E-state index is -0.255. The lowest BCUT2D eigenvalue weighted by Gasteiger charge is -2.37. The van der Waals surface area contributed by atoms with Gasteiger partial charge in [-0.3, -0.25) is 0 Å². The van der Waals surface area contributed by atoms with Crippen LogP contribution < -0.4 is 10.2 Å². The molecule has 0 saturated carbocycles. The van der Waals surface area contributed by atoms with Crippen LogP contribution in [0.4, 0.5) is 5.69 Å². The quantitative estimate of drug-likeness (QED) is 0.743. The van der Waals surface area contributed by atoms with Gasteiger partial charge < -0.3 is 15.3 Å². The molecule has 0 unspecified atom stereocenters. The number of rotatable bonds is 7. The number of aliphatic hydroxyl groups is 1. The van der Waals surface area contributed by atoms with Gasteiger partial charge in [-0.1, -0.05) is 24.6 Å². The van der Waals surface area contributed by atoms with Gasteiger partial charge in [0.2, 0.25) is 0 Å². The highest BCUT2D eigenvalue weighted by molar-refractivity contribution is 5.56. The number of nitrogens with one attached hydrogen (secondary N) is 1. The topological polar surface area (TPSA) is 35.5 Å². The van der Waals surface area contributed by atoms with Gasteiger partial charge >= 0.3 is 0 Å². The molecule has 0 aliphatic rings. The first kappa shape index (κ1) is 16.0. The summed E-state index contributed by atoms with van der Waals surface area (Å²) in [6, 6.07) is 6.50. The van der Waals surface area contributed by atoms with Crippen LogP contribution in [0.2, 0.25) is 0 Å². The number of hydrogen-bond donors (Lipinski definition) is 2. The van der Waals surface area contributed by atoms with Crippen molar-refractivity contribution < 1.29 is 5.11 Å². The van der Waals surface area contributed by atoms with E-state index in [2.05, 4.69) is 56.1 Å². The lowest BCUT2D eigenvalue weighted by Crippen LogP contribution is -2.45. The van der Waals surface area contributed by atoms with E-state index < -0.39 is 0 Å². The third kappa shape index (κ3) is 4.22. The molecule has 2 N–H and O–H groups in total. The first-order chi connectivity index (χ1) is 8.92. The van der Waals surface area contributed by atoms with E-state index >= 15 is 0 Å². The summed E-state index contributed by atoms with van der Waals surface area (Å²) in [5, 5.41) is 13.0. The molecule has 19 heavy (non-hydrogen) atoms. The monoisotopic (exact) mass is 264 g/mol. The number of aliphatic hydroxyl groups excluding tert-OH is 1. The van der Waals surface area contributed by atoms with Crippen molar-refractivity contribution in [3.05, 3.63) is 29.3 Å². The van der Waals surface area contributed by atoms with Gasteiger partial charge in [-0.05, 0) is 45.4 Å². The van der Waals surface area contributed by atoms with Crippen LogP contribution >= 0.6 is 0 Å². The number of aryl methyl sites for hydroxylation is 1. The van der Waals surface area contributed by atoms with Crippen molar-refractivity contribution in [3.8, 4) is 0 Å². The molecule has 0 aliphatic heterocycles. The molecular formula is C16H28N2O. The highest BCUT2D eigenvalue weighted by atomic mass is 16.3. The van der Waals surface area contributed by atoms with Crippen molar-refractivity contribution in [1.29, 1.82) is 0 Å². The molecule has 0 heterocycles. The van der Waals surface area contributed by atoms with Crippen molar-refractivity contribution >= 4 is 5.69 Å². The summed E-state index contributed by atoms with van der Waals surface area (Å²) in [5.74, 6) is 0. The van der Waals surface area contributed by atoms with Crippen LogP contribution in [0.25, 0.3) is 0 Å². The van der Waals surface area contributed by atoms with Crippen LogP contribution in [-0.2, 0) is 6.54 Å². The standard InChI is InChI=1S/C16H28N2O/c1-6-9-17-11-14-10-13(2)7-8-15(14)18(5)16(3,4)12-19/h7-8,10,17,19H,6,9,11-12H2,1-5H3. The molecule has 1 aromatic carbocycles. The Bertz CT molecular complexity index is 402. The smallest absolute Gasteiger partial charge is 0.0658 e. The van der Waals surface area contributed by atoms with Crippen molar-refractivity contribution in [2.75, 3.05) is 25.1 Å². The minimum Gasteiger partial charge on any atom is -0.394 e. The third-order valence-corrected chi connectivity index (χ3v) is 3.63. The van der Waals surface area contributed by atoms with E-state index in [1.807, 2.05) is 7.05 Å². The zero-order chi connectivity index (χ0) is 14.5. The van der Waals surface area contributed by atoms with Gasteiger partial charge in [0.1, 0.15) is 0 Å². The molecule has 0 atom stereocenters. The molecule has 1 rings (SSSR count). The number of likely N-dealkylation sites (N-methyl/N-ethyl adjacent to an activating group) is 1. The molecule has 3 heteroatoms. The first-order valence-electron chi connectivity index (χ1n) is 7.07. The summed E-state index contributed by atoms with van der Waals surface area (Å²) in [6.07, 6.45) is 1.14. The summed E-state index contributed by atoms with van der Waals surface area (Å²) in [7, 11) is 2.05. The molecule has 0 radical (unpaired) electrons. The Morgan fingerprint density at radius 1 is 1.32 bits per heavy atom. The number of hydrogen-bond acceptors (Lipinski definition) is 3. The van der Waals surface area contributed by atoms with Gasteiger partial charge in [0.15, 0.2) is 0 Å². The Labute approximate surface area is 117 Å². The SMILES string of the molecule is CCCNCc1cc(C)ccc1N(C)C(C)(C)CO. The second-order valence-electron chi connectivity index (χ2n) is 5.84. The summed E-state index contributed by atoms with van der Waals surface area (Å²) >= 11 is 0. The van der Waals surface area contributed by atoms with Gasteiger partial charge in [0.05, 0.1) is 12.1 Å². The van der Waals surface area contributed by atoms with Crippen LogP contribution in [0.15, 0.2) is 18.2 Å². The van der Waals surface area contributed by atoms with E-state index in [0.29, 0.717) is 0 Å². The van der Waals surface area contributed by atoms with E-state index in [4.69, 9.17) is 0 Å². The predicted octanol–water partition coefficient (Wildman–Crippen LogP) is 2.70. The third-order valence-electron chi connectivity index (χ3n) is 3.63. The Hall–Kier alpha value is -1.06.